The van der Waals surface area contributed by atoms with Gasteiger partial charge in [0.15, 0.2) is 0 Å². The molecule has 0 aliphatic carbocycles. The van der Waals surface area contributed by atoms with Crippen LogP contribution in [0, 0.1) is 5.82 Å². The second kappa shape index (κ2) is 7.59. The van der Waals surface area contributed by atoms with Crippen LogP contribution in [-0.4, -0.2) is 24.4 Å². The van der Waals surface area contributed by atoms with Crippen molar-refractivity contribution in [2.75, 3.05) is 17.2 Å². The largest absolute Gasteiger partial charge is 0.326 e. The SMILES string of the molecule is CCC(C)NCC(=O)Nc1cc(NC(C)=O)ccc1F. The van der Waals surface area contributed by atoms with Crippen molar-refractivity contribution in [1.29, 1.82) is 0 Å². The third-order valence-corrected chi connectivity index (χ3v) is 2.78. The molecular weight excluding hydrogens is 261 g/mol. The lowest BCUT2D eigenvalue weighted by atomic mass is 10.2. The van der Waals surface area contributed by atoms with E-state index in [1.54, 1.807) is 0 Å². The first-order valence-electron chi connectivity index (χ1n) is 6.52. The first-order valence-corrected chi connectivity index (χ1v) is 6.52. The predicted molar refractivity (Wildman–Crippen MR) is 77.1 cm³/mol. The molecule has 3 N–H and O–H groups in total. The minimum absolute atomic E-state index is 0.0483. The molecule has 0 radical (unpaired) electrons. The second-order valence-corrected chi connectivity index (χ2v) is 4.61. The van der Waals surface area contributed by atoms with Crippen molar-refractivity contribution in [3.8, 4) is 0 Å². The van der Waals surface area contributed by atoms with E-state index in [9.17, 15) is 14.0 Å². The second-order valence-electron chi connectivity index (χ2n) is 4.61. The molecule has 0 heterocycles. The van der Waals surface area contributed by atoms with E-state index in [1.165, 1.54) is 25.1 Å². The molecule has 0 bridgehead atoms. The van der Waals surface area contributed by atoms with Gasteiger partial charge in [-0.1, -0.05) is 6.92 Å². The molecule has 1 aromatic carbocycles. The Kier molecular flexibility index (Phi) is 6.11. The maximum atomic E-state index is 13.6. The number of amides is 2. The van der Waals surface area contributed by atoms with Gasteiger partial charge < -0.3 is 16.0 Å². The zero-order valence-electron chi connectivity index (χ0n) is 11.9. The van der Waals surface area contributed by atoms with Gasteiger partial charge in [-0.2, -0.15) is 0 Å². The van der Waals surface area contributed by atoms with Gasteiger partial charge in [0.05, 0.1) is 12.2 Å². The zero-order valence-corrected chi connectivity index (χ0v) is 11.9. The van der Waals surface area contributed by atoms with Crippen LogP contribution >= 0.6 is 0 Å². The quantitative estimate of drug-likeness (QED) is 0.748. The molecule has 0 aliphatic heterocycles. The van der Waals surface area contributed by atoms with Crippen molar-refractivity contribution < 1.29 is 14.0 Å². The van der Waals surface area contributed by atoms with Crippen molar-refractivity contribution in [1.82, 2.24) is 5.32 Å². The van der Waals surface area contributed by atoms with Gasteiger partial charge >= 0.3 is 0 Å². The van der Waals surface area contributed by atoms with Gasteiger partial charge in [0.25, 0.3) is 0 Å². The topological polar surface area (TPSA) is 70.2 Å². The van der Waals surface area contributed by atoms with E-state index in [0.29, 0.717) is 5.69 Å². The molecule has 110 valence electrons. The maximum absolute atomic E-state index is 13.6. The van der Waals surface area contributed by atoms with E-state index in [4.69, 9.17) is 0 Å². The molecule has 1 aromatic rings. The number of nitrogens with one attached hydrogen (secondary N) is 3. The van der Waals surface area contributed by atoms with Crippen LogP contribution in [-0.2, 0) is 9.59 Å². The third kappa shape index (κ3) is 5.36. The summed E-state index contributed by atoms with van der Waals surface area (Å²) in [6.07, 6.45) is 0.902. The summed E-state index contributed by atoms with van der Waals surface area (Å²) in [6.45, 7) is 5.44. The summed E-state index contributed by atoms with van der Waals surface area (Å²) in [4.78, 5) is 22.6. The summed E-state index contributed by atoms with van der Waals surface area (Å²) in [5, 5.41) is 8.02. The van der Waals surface area contributed by atoms with Gasteiger partial charge in [-0.3, -0.25) is 9.59 Å². The van der Waals surface area contributed by atoms with Crippen LogP contribution in [0.15, 0.2) is 18.2 Å². The maximum Gasteiger partial charge on any atom is 0.238 e. The van der Waals surface area contributed by atoms with E-state index >= 15 is 0 Å². The zero-order chi connectivity index (χ0) is 15.1. The van der Waals surface area contributed by atoms with Crippen LogP contribution in [0.1, 0.15) is 27.2 Å². The Labute approximate surface area is 117 Å². The normalized spacial score (nSPS) is 11.8. The van der Waals surface area contributed by atoms with Crippen molar-refractivity contribution in [3.05, 3.63) is 24.0 Å². The molecular formula is C14H20FN3O2. The summed E-state index contributed by atoms with van der Waals surface area (Å²) in [5.74, 6) is -1.13. The number of anilines is 2. The number of hydrogen-bond acceptors (Lipinski definition) is 3. The number of rotatable bonds is 6. The molecule has 0 aromatic heterocycles. The molecule has 1 unspecified atom stereocenters. The van der Waals surface area contributed by atoms with Gasteiger partial charge in [0, 0.05) is 18.7 Å². The van der Waals surface area contributed by atoms with Gasteiger partial charge in [0.2, 0.25) is 11.8 Å². The number of hydrogen-bond donors (Lipinski definition) is 3. The minimum Gasteiger partial charge on any atom is -0.326 e. The average molecular weight is 281 g/mol. The lowest BCUT2D eigenvalue weighted by Crippen LogP contribution is -2.34. The van der Waals surface area contributed by atoms with Crippen molar-refractivity contribution >= 4 is 23.2 Å². The molecule has 2 amide bonds. The highest BCUT2D eigenvalue weighted by Gasteiger charge is 2.09. The summed E-state index contributed by atoms with van der Waals surface area (Å²) in [6, 6.07) is 4.24. The molecule has 0 fully saturated rings. The lowest BCUT2D eigenvalue weighted by molar-refractivity contribution is -0.115. The van der Waals surface area contributed by atoms with Crippen molar-refractivity contribution in [2.45, 2.75) is 33.2 Å². The van der Waals surface area contributed by atoms with E-state index in [1.807, 2.05) is 13.8 Å². The Bertz CT molecular complexity index is 491. The fraction of sp³-hybridized carbons (Fsp3) is 0.429. The monoisotopic (exact) mass is 281 g/mol. The molecule has 5 nitrogen and oxygen atoms in total. The highest BCUT2D eigenvalue weighted by molar-refractivity contribution is 5.94. The summed E-state index contributed by atoms with van der Waals surface area (Å²) >= 11 is 0. The number of carbonyl (C=O) groups excluding carboxylic acids is 2. The molecule has 1 rings (SSSR count). The molecule has 20 heavy (non-hydrogen) atoms. The van der Waals surface area contributed by atoms with E-state index in [0.717, 1.165) is 6.42 Å². The fourth-order valence-electron chi connectivity index (χ4n) is 1.51. The first kappa shape index (κ1) is 16.1. The van der Waals surface area contributed by atoms with Crippen LogP contribution in [0.5, 0.6) is 0 Å². The van der Waals surface area contributed by atoms with Crippen LogP contribution in [0.2, 0.25) is 0 Å². The van der Waals surface area contributed by atoms with Gasteiger partial charge in [-0.05, 0) is 31.5 Å². The Hall–Kier alpha value is -1.95. The standard InChI is InChI=1S/C14H20FN3O2/c1-4-9(2)16-8-14(20)18-13-7-11(17-10(3)19)5-6-12(13)15/h5-7,9,16H,4,8H2,1-3H3,(H,17,19)(H,18,20). The number of halogens is 1. The fourth-order valence-corrected chi connectivity index (χ4v) is 1.51. The smallest absolute Gasteiger partial charge is 0.238 e. The Morgan fingerprint density at radius 1 is 1.30 bits per heavy atom. The molecule has 0 saturated carbocycles. The van der Waals surface area contributed by atoms with E-state index in [-0.39, 0.29) is 30.1 Å². The minimum atomic E-state index is -0.545. The van der Waals surface area contributed by atoms with Gasteiger partial charge in [-0.15, -0.1) is 0 Å². The third-order valence-electron chi connectivity index (χ3n) is 2.78. The van der Waals surface area contributed by atoms with Crippen LogP contribution in [0.4, 0.5) is 15.8 Å². The van der Waals surface area contributed by atoms with Crippen LogP contribution in [0.25, 0.3) is 0 Å². The van der Waals surface area contributed by atoms with Crippen LogP contribution in [0.3, 0.4) is 0 Å². The predicted octanol–water partition coefficient (Wildman–Crippen LogP) is 2.11. The molecule has 1 atom stereocenters. The first-order chi connectivity index (χ1) is 9.42. The highest BCUT2D eigenvalue weighted by atomic mass is 19.1. The highest BCUT2D eigenvalue weighted by Crippen LogP contribution is 2.19. The molecule has 6 heteroatoms. The number of carbonyl (C=O) groups is 2. The summed E-state index contributed by atoms with van der Waals surface area (Å²) in [7, 11) is 0. The Balaban J connectivity index is 2.66. The van der Waals surface area contributed by atoms with Gasteiger partial charge in [0.1, 0.15) is 5.82 Å². The van der Waals surface area contributed by atoms with Crippen molar-refractivity contribution in [2.24, 2.45) is 0 Å². The Morgan fingerprint density at radius 2 is 2.00 bits per heavy atom. The molecule has 0 spiro atoms. The Morgan fingerprint density at radius 3 is 2.60 bits per heavy atom. The van der Waals surface area contributed by atoms with E-state index in [2.05, 4.69) is 16.0 Å². The summed E-state index contributed by atoms with van der Waals surface area (Å²) < 4.78 is 13.6. The van der Waals surface area contributed by atoms with Crippen LogP contribution < -0.4 is 16.0 Å². The van der Waals surface area contributed by atoms with Crippen molar-refractivity contribution in [3.63, 3.8) is 0 Å². The van der Waals surface area contributed by atoms with Gasteiger partial charge in [-0.25, -0.2) is 4.39 Å². The molecule has 0 saturated heterocycles. The summed E-state index contributed by atoms with van der Waals surface area (Å²) in [5.41, 5.74) is 0.483. The lowest BCUT2D eigenvalue weighted by Gasteiger charge is -2.12. The number of benzene rings is 1. The molecule has 0 aliphatic rings. The van der Waals surface area contributed by atoms with E-state index < -0.39 is 5.82 Å². The average Bonchev–Trinajstić information content (AvgIpc) is 2.39.